The number of benzene rings is 1. The van der Waals surface area contributed by atoms with Crippen LogP contribution in [0.4, 0.5) is 5.69 Å². The van der Waals surface area contributed by atoms with Crippen molar-refractivity contribution in [3.63, 3.8) is 0 Å². The molecule has 0 saturated heterocycles. The summed E-state index contributed by atoms with van der Waals surface area (Å²) in [6.45, 7) is 6.58. The Labute approximate surface area is 192 Å². The highest BCUT2D eigenvalue weighted by Crippen LogP contribution is 2.29. The van der Waals surface area contributed by atoms with Gasteiger partial charge in [-0.1, -0.05) is 11.8 Å². The van der Waals surface area contributed by atoms with Crippen LogP contribution >= 0.6 is 0 Å². The van der Waals surface area contributed by atoms with Crippen molar-refractivity contribution in [1.82, 2.24) is 14.5 Å². The molecule has 10 heteroatoms. The van der Waals surface area contributed by atoms with E-state index in [4.69, 9.17) is 4.74 Å². The predicted molar refractivity (Wildman–Crippen MR) is 124 cm³/mol. The number of carbonyl (C=O) groups excluding carboxylic acids is 2. The molecule has 2 heterocycles. The number of sulfonamides is 1. The van der Waals surface area contributed by atoms with Crippen LogP contribution in [0.3, 0.4) is 0 Å². The number of aromatic nitrogens is 3. The number of carbonyl (C=O) groups is 2. The zero-order chi connectivity index (χ0) is 24.4. The fourth-order valence-electron chi connectivity index (χ4n) is 3.15. The third-order valence-electron chi connectivity index (χ3n) is 4.32. The first-order valence-corrected chi connectivity index (χ1v) is 11.9. The second-order valence-electron chi connectivity index (χ2n) is 8.48. The minimum absolute atomic E-state index is 0.126. The summed E-state index contributed by atoms with van der Waals surface area (Å²) in [5.41, 5.74) is 1.34. The molecule has 0 fully saturated rings. The van der Waals surface area contributed by atoms with Gasteiger partial charge in [-0.15, -0.1) is 0 Å². The Kier molecular flexibility index (Phi) is 6.56. The lowest BCUT2D eigenvalue weighted by molar-refractivity contribution is -0.155. The maximum Gasteiger partial charge on any atom is 0.326 e. The Morgan fingerprint density at radius 3 is 2.39 bits per heavy atom. The van der Waals surface area contributed by atoms with Gasteiger partial charge < -0.3 is 9.30 Å². The maximum atomic E-state index is 12.4. The molecular formula is C23H24N4O5S. The van der Waals surface area contributed by atoms with Gasteiger partial charge in [-0.3, -0.25) is 14.3 Å². The van der Waals surface area contributed by atoms with E-state index >= 15 is 0 Å². The molecular weight excluding hydrogens is 444 g/mol. The SMILES string of the molecule is CC(=O)c1cn(CC(=O)OC(C)(C)C)c2cc(C#Cc3cncnc3)c(NS(C)(=O)=O)cc12. The number of hydrogen-bond acceptors (Lipinski definition) is 7. The first kappa shape index (κ1) is 23.9. The molecule has 0 spiro atoms. The van der Waals surface area contributed by atoms with Crippen molar-refractivity contribution < 1.29 is 22.7 Å². The van der Waals surface area contributed by atoms with Gasteiger partial charge in [0, 0.05) is 29.5 Å². The normalized spacial score (nSPS) is 11.5. The van der Waals surface area contributed by atoms with Gasteiger partial charge in [0.15, 0.2) is 5.78 Å². The smallest absolute Gasteiger partial charge is 0.326 e. The van der Waals surface area contributed by atoms with Gasteiger partial charge in [-0.05, 0) is 39.8 Å². The number of esters is 1. The number of nitrogens with one attached hydrogen (secondary N) is 1. The molecule has 0 saturated carbocycles. The van der Waals surface area contributed by atoms with Gasteiger partial charge in [0.1, 0.15) is 18.5 Å². The highest BCUT2D eigenvalue weighted by molar-refractivity contribution is 7.92. The van der Waals surface area contributed by atoms with Crippen molar-refractivity contribution in [2.45, 2.75) is 39.8 Å². The summed E-state index contributed by atoms with van der Waals surface area (Å²) in [7, 11) is -3.63. The number of hydrogen-bond donors (Lipinski definition) is 1. The number of ketones is 1. The Hall–Kier alpha value is -3.71. The first-order chi connectivity index (χ1) is 15.3. The molecule has 0 aliphatic carbocycles. The fraction of sp³-hybridized carbons (Fsp3) is 0.304. The summed E-state index contributed by atoms with van der Waals surface area (Å²) in [5.74, 6) is 5.13. The lowest BCUT2D eigenvalue weighted by atomic mass is 10.1. The Morgan fingerprint density at radius 1 is 1.15 bits per heavy atom. The topological polar surface area (TPSA) is 120 Å². The predicted octanol–water partition coefficient (Wildman–Crippen LogP) is 2.75. The summed E-state index contributed by atoms with van der Waals surface area (Å²) in [5, 5.41) is 0.491. The van der Waals surface area contributed by atoms with Crippen molar-refractivity contribution in [2.75, 3.05) is 11.0 Å². The highest BCUT2D eigenvalue weighted by atomic mass is 32.2. The Bertz CT molecular complexity index is 1390. The van der Waals surface area contributed by atoms with Crippen LogP contribution in [0.25, 0.3) is 10.9 Å². The van der Waals surface area contributed by atoms with E-state index in [0.717, 1.165) is 6.26 Å². The number of Topliss-reactive ketones (excluding diaryl/α,β-unsaturated/α-hetero) is 1. The molecule has 0 radical (unpaired) electrons. The van der Waals surface area contributed by atoms with Crippen LogP contribution in [-0.4, -0.2) is 46.6 Å². The number of anilines is 1. The van der Waals surface area contributed by atoms with Crippen LogP contribution in [0.1, 0.15) is 49.2 Å². The van der Waals surface area contributed by atoms with Crippen molar-refractivity contribution in [3.8, 4) is 11.8 Å². The monoisotopic (exact) mass is 468 g/mol. The maximum absolute atomic E-state index is 12.4. The van der Waals surface area contributed by atoms with E-state index in [9.17, 15) is 18.0 Å². The van der Waals surface area contributed by atoms with Gasteiger partial charge in [0.2, 0.25) is 10.0 Å². The van der Waals surface area contributed by atoms with E-state index in [-0.39, 0.29) is 18.0 Å². The lowest BCUT2D eigenvalue weighted by Crippen LogP contribution is -2.26. The van der Waals surface area contributed by atoms with E-state index in [0.29, 0.717) is 27.6 Å². The van der Waals surface area contributed by atoms with Crippen LogP contribution in [0.5, 0.6) is 0 Å². The summed E-state index contributed by atoms with van der Waals surface area (Å²) in [6.07, 6.45) is 7.02. The number of nitrogens with zero attached hydrogens (tertiary/aromatic N) is 3. The summed E-state index contributed by atoms with van der Waals surface area (Å²) in [6, 6.07) is 3.18. The third kappa shape index (κ3) is 6.40. The first-order valence-electron chi connectivity index (χ1n) is 9.97. The third-order valence-corrected chi connectivity index (χ3v) is 4.91. The minimum Gasteiger partial charge on any atom is -0.459 e. The van der Waals surface area contributed by atoms with Crippen LogP contribution in [0.15, 0.2) is 37.1 Å². The van der Waals surface area contributed by atoms with Crippen LogP contribution in [0, 0.1) is 11.8 Å². The van der Waals surface area contributed by atoms with Crippen LogP contribution < -0.4 is 4.72 Å². The molecule has 0 amide bonds. The highest BCUT2D eigenvalue weighted by Gasteiger charge is 2.21. The van der Waals surface area contributed by atoms with Crippen molar-refractivity contribution in [1.29, 1.82) is 0 Å². The summed E-state index contributed by atoms with van der Waals surface area (Å²) >= 11 is 0. The van der Waals surface area contributed by atoms with E-state index in [1.165, 1.54) is 25.6 Å². The minimum atomic E-state index is -3.63. The lowest BCUT2D eigenvalue weighted by Gasteiger charge is -2.19. The van der Waals surface area contributed by atoms with E-state index in [2.05, 4.69) is 26.5 Å². The molecule has 9 nitrogen and oxygen atoms in total. The Balaban J connectivity index is 2.19. The molecule has 1 aromatic carbocycles. The Morgan fingerprint density at radius 2 is 1.82 bits per heavy atom. The number of fused-ring (bicyclic) bond motifs is 1. The average molecular weight is 469 g/mol. The van der Waals surface area contributed by atoms with Gasteiger partial charge in [0.25, 0.3) is 0 Å². The molecule has 0 atom stereocenters. The van der Waals surface area contributed by atoms with E-state index in [1.54, 1.807) is 43.7 Å². The molecule has 0 aliphatic heterocycles. The number of ether oxygens (including phenoxy) is 1. The quantitative estimate of drug-likeness (QED) is 0.347. The van der Waals surface area contributed by atoms with Crippen molar-refractivity contribution >= 4 is 38.4 Å². The summed E-state index contributed by atoms with van der Waals surface area (Å²) in [4.78, 5) is 32.5. The molecule has 0 bridgehead atoms. The van der Waals surface area contributed by atoms with Gasteiger partial charge in [-0.2, -0.15) is 0 Å². The van der Waals surface area contributed by atoms with Gasteiger partial charge >= 0.3 is 5.97 Å². The molecule has 1 N–H and O–H groups in total. The fourth-order valence-corrected chi connectivity index (χ4v) is 3.72. The van der Waals surface area contributed by atoms with Crippen LogP contribution in [0.2, 0.25) is 0 Å². The zero-order valence-electron chi connectivity index (χ0n) is 19.0. The largest absolute Gasteiger partial charge is 0.459 e. The van der Waals surface area contributed by atoms with Crippen molar-refractivity contribution in [2.24, 2.45) is 0 Å². The number of rotatable bonds is 5. The standard InChI is InChI=1S/C23H24N4O5S/c1-15(28)19-12-27(13-22(29)32-23(2,3)4)21-8-17(7-6-16-10-24-14-25-11-16)20(9-18(19)21)26-33(5,30)31/h8-12,14,26H,13H2,1-5H3. The van der Waals surface area contributed by atoms with Crippen LogP contribution in [-0.2, 0) is 26.1 Å². The molecule has 172 valence electrons. The molecule has 3 rings (SSSR count). The zero-order valence-corrected chi connectivity index (χ0v) is 19.8. The molecule has 0 unspecified atom stereocenters. The van der Waals surface area contributed by atoms with E-state index in [1.807, 2.05) is 0 Å². The molecule has 3 aromatic rings. The molecule has 33 heavy (non-hydrogen) atoms. The second kappa shape index (κ2) is 9.03. The molecule has 2 aromatic heterocycles. The summed E-state index contributed by atoms with van der Waals surface area (Å²) < 4.78 is 33.4. The molecule has 0 aliphatic rings. The van der Waals surface area contributed by atoms with Gasteiger partial charge in [-0.25, -0.2) is 18.4 Å². The van der Waals surface area contributed by atoms with Gasteiger partial charge in [0.05, 0.1) is 28.6 Å². The van der Waals surface area contributed by atoms with E-state index < -0.39 is 21.6 Å². The van der Waals surface area contributed by atoms with Crippen molar-refractivity contribution in [3.05, 3.63) is 53.7 Å². The average Bonchev–Trinajstić information content (AvgIpc) is 3.01. The second-order valence-corrected chi connectivity index (χ2v) is 10.2.